The number of nitrogens with zero attached hydrogens (tertiary/aromatic N) is 2. The molecule has 2 aliphatic heterocycles. The first-order valence-electron chi connectivity index (χ1n) is 10.1. The summed E-state index contributed by atoms with van der Waals surface area (Å²) in [4.78, 5) is 30.6. The monoisotopic (exact) mass is 410 g/mol. The number of rotatable bonds is 4. The fourth-order valence-electron chi connectivity index (χ4n) is 4.10. The van der Waals surface area contributed by atoms with Gasteiger partial charge in [0.05, 0.1) is 23.5 Å². The Hall–Kier alpha value is -2.31. The van der Waals surface area contributed by atoms with Crippen LogP contribution in [0.15, 0.2) is 53.4 Å². The van der Waals surface area contributed by atoms with Crippen molar-refractivity contribution in [3.05, 3.63) is 59.7 Å². The van der Waals surface area contributed by atoms with Crippen molar-refractivity contribution in [1.29, 1.82) is 0 Å². The van der Waals surface area contributed by atoms with Gasteiger partial charge in [0.2, 0.25) is 5.91 Å². The van der Waals surface area contributed by atoms with Crippen LogP contribution in [0.1, 0.15) is 29.8 Å². The average Bonchev–Trinajstić information content (AvgIpc) is 3.15. The molecule has 2 heterocycles. The molecule has 1 fully saturated rings. The molecule has 0 radical (unpaired) electrons. The number of morpholine rings is 1. The Morgan fingerprint density at radius 1 is 1.03 bits per heavy atom. The van der Waals surface area contributed by atoms with Gasteiger partial charge in [-0.15, -0.1) is 11.8 Å². The normalized spacial score (nSPS) is 21.2. The molecule has 2 aliphatic rings. The van der Waals surface area contributed by atoms with Crippen LogP contribution in [0.3, 0.4) is 0 Å². The molecular weight excluding hydrogens is 384 g/mol. The number of carbonyl (C=O) groups excluding carboxylic acids is 2. The van der Waals surface area contributed by atoms with E-state index in [2.05, 4.69) is 6.07 Å². The molecule has 2 aromatic rings. The van der Waals surface area contributed by atoms with Crippen molar-refractivity contribution < 1.29 is 14.3 Å². The lowest BCUT2D eigenvalue weighted by molar-refractivity contribution is -0.116. The average molecular weight is 411 g/mol. The molecule has 6 heteroatoms. The Morgan fingerprint density at radius 3 is 2.52 bits per heavy atom. The van der Waals surface area contributed by atoms with Gasteiger partial charge in [-0.2, -0.15) is 0 Å². The van der Waals surface area contributed by atoms with E-state index in [0.29, 0.717) is 24.4 Å². The summed E-state index contributed by atoms with van der Waals surface area (Å²) in [6.07, 6.45) is 0.952. The van der Waals surface area contributed by atoms with Crippen LogP contribution in [0.25, 0.3) is 0 Å². The SMILES string of the molecule is CC1CN(C(=O)c2ccccc2SCC(=O)N2CCc3ccccc32)CC(C)O1. The van der Waals surface area contributed by atoms with Crippen molar-refractivity contribution in [3.8, 4) is 0 Å². The summed E-state index contributed by atoms with van der Waals surface area (Å²) < 4.78 is 5.75. The Morgan fingerprint density at radius 2 is 1.72 bits per heavy atom. The van der Waals surface area contributed by atoms with Crippen LogP contribution in [0, 0.1) is 0 Å². The molecule has 2 aromatic carbocycles. The van der Waals surface area contributed by atoms with Gasteiger partial charge in [-0.1, -0.05) is 30.3 Å². The van der Waals surface area contributed by atoms with E-state index in [4.69, 9.17) is 4.74 Å². The zero-order valence-electron chi connectivity index (χ0n) is 16.8. The van der Waals surface area contributed by atoms with Crippen molar-refractivity contribution in [2.45, 2.75) is 37.4 Å². The van der Waals surface area contributed by atoms with Gasteiger partial charge in [0.1, 0.15) is 0 Å². The first-order valence-corrected chi connectivity index (χ1v) is 11.1. The van der Waals surface area contributed by atoms with Crippen LogP contribution in [-0.4, -0.2) is 54.3 Å². The smallest absolute Gasteiger partial charge is 0.255 e. The number of para-hydroxylation sites is 1. The molecule has 152 valence electrons. The van der Waals surface area contributed by atoms with Crippen LogP contribution in [0.4, 0.5) is 5.69 Å². The number of hydrogen-bond donors (Lipinski definition) is 0. The lowest BCUT2D eigenvalue weighted by atomic mass is 10.1. The molecule has 1 saturated heterocycles. The number of carbonyl (C=O) groups is 2. The highest BCUT2D eigenvalue weighted by atomic mass is 32.2. The number of ether oxygens (including phenoxy) is 1. The highest BCUT2D eigenvalue weighted by Gasteiger charge is 2.28. The Labute approximate surface area is 176 Å². The summed E-state index contributed by atoms with van der Waals surface area (Å²) in [6, 6.07) is 15.6. The molecule has 2 atom stereocenters. The molecule has 0 aliphatic carbocycles. The third kappa shape index (κ3) is 4.33. The molecule has 0 N–H and O–H groups in total. The molecule has 2 amide bonds. The van der Waals surface area contributed by atoms with Crippen molar-refractivity contribution in [3.63, 3.8) is 0 Å². The predicted octanol–water partition coefficient (Wildman–Crippen LogP) is 3.62. The minimum Gasteiger partial charge on any atom is -0.372 e. The van der Waals surface area contributed by atoms with E-state index in [-0.39, 0.29) is 24.0 Å². The lowest BCUT2D eigenvalue weighted by Gasteiger charge is -2.35. The van der Waals surface area contributed by atoms with E-state index in [1.807, 2.05) is 66.1 Å². The van der Waals surface area contributed by atoms with E-state index in [9.17, 15) is 9.59 Å². The second-order valence-corrected chi connectivity index (χ2v) is 8.69. The number of benzene rings is 2. The van der Waals surface area contributed by atoms with Crippen LogP contribution >= 0.6 is 11.8 Å². The van der Waals surface area contributed by atoms with Crippen LogP contribution in [0.5, 0.6) is 0 Å². The standard InChI is InChI=1S/C23H26N2O3S/c1-16-13-24(14-17(2)28-16)23(27)19-8-4-6-10-21(19)29-15-22(26)25-12-11-18-7-3-5-9-20(18)25/h3-10,16-17H,11-15H2,1-2H3. The molecule has 0 aromatic heterocycles. The van der Waals surface area contributed by atoms with Crippen LogP contribution in [0.2, 0.25) is 0 Å². The molecule has 2 unspecified atom stereocenters. The largest absolute Gasteiger partial charge is 0.372 e. The van der Waals surface area contributed by atoms with E-state index in [1.165, 1.54) is 17.3 Å². The number of anilines is 1. The summed E-state index contributed by atoms with van der Waals surface area (Å²) in [5.74, 6) is 0.402. The van der Waals surface area contributed by atoms with Gasteiger partial charge in [0.25, 0.3) is 5.91 Å². The summed E-state index contributed by atoms with van der Waals surface area (Å²) >= 11 is 1.44. The topological polar surface area (TPSA) is 49.9 Å². The van der Waals surface area contributed by atoms with E-state index in [0.717, 1.165) is 23.5 Å². The number of hydrogen-bond acceptors (Lipinski definition) is 4. The van der Waals surface area contributed by atoms with Crippen molar-refractivity contribution in [2.75, 3.05) is 30.3 Å². The van der Waals surface area contributed by atoms with Crippen molar-refractivity contribution >= 4 is 29.3 Å². The highest BCUT2D eigenvalue weighted by Crippen LogP contribution is 2.30. The molecule has 0 saturated carbocycles. The van der Waals surface area contributed by atoms with Crippen molar-refractivity contribution in [2.24, 2.45) is 0 Å². The molecule has 0 bridgehead atoms. The summed E-state index contributed by atoms with van der Waals surface area (Å²) in [5.41, 5.74) is 2.89. The van der Waals surface area contributed by atoms with Crippen LogP contribution in [-0.2, 0) is 16.0 Å². The van der Waals surface area contributed by atoms with Gasteiger partial charge < -0.3 is 14.5 Å². The molecule has 0 spiro atoms. The van der Waals surface area contributed by atoms with E-state index >= 15 is 0 Å². The zero-order chi connectivity index (χ0) is 20.4. The highest BCUT2D eigenvalue weighted by molar-refractivity contribution is 8.00. The lowest BCUT2D eigenvalue weighted by Crippen LogP contribution is -2.48. The molecule has 4 rings (SSSR count). The van der Waals surface area contributed by atoms with Crippen LogP contribution < -0.4 is 4.90 Å². The van der Waals surface area contributed by atoms with Gasteiger partial charge in [-0.3, -0.25) is 9.59 Å². The second kappa shape index (κ2) is 8.59. The zero-order valence-corrected chi connectivity index (χ0v) is 17.7. The first-order chi connectivity index (χ1) is 14.0. The fraction of sp³-hybridized carbons (Fsp3) is 0.391. The van der Waals surface area contributed by atoms with Gasteiger partial charge in [-0.05, 0) is 44.0 Å². The maximum atomic E-state index is 13.1. The minimum absolute atomic E-state index is 0.00840. The third-order valence-corrected chi connectivity index (χ3v) is 6.42. The Balaban J connectivity index is 1.45. The van der Waals surface area contributed by atoms with E-state index < -0.39 is 0 Å². The molecular formula is C23H26N2O3S. The second-order valence-electron chi connectivity index (χ2n) is 7.68. The maximum absolute atomic E-state index is 13.1. The summed E-state index contributed by atoms with van der Waals surface area (Å²) in [7, 11) is 0. The summed E-state index contributed by atoms with van der Waals surface area (Å²) in [5, 5.41) is 0. The quantitative estimate of drug-likeness (QED) is 0.723. The molecule has 29 heavy (non-hydrogen) atoms. The van der Waals surface area contributed by atoms with Crippen molar-refractivity contribution in [1.82, 2.24) is 4.90 Å². The van der Waals surface area contributed by atoms with E-state index in [1.54, 1.807) is 0 Å². The number of fused-ring (bicyclic) bond motifs is 1. The summed E-state index contributed by atoms with van der Waals surface area (Å²) in [6.45, 7) is 5.88. The predicted molar refractivity (Wildman–Crippen MR) is 116 cm³/mol. The minimum atomic E-state index is 0.00840. The Kier molecular flexibility index (Phi) is 5.92. The van der Waals surface area contributed by atoms with Gasteiger partial charge in [0, 0.05) is 30.2 Å². The van der Waals surface area contributed by atoms with Gasteiger partial charge in [-0.25, -0.2) is 0 Å². The molecule has 5 nitrogen and oxygen atoms in total. The third-order valence-electron chi connectivity index (χ3n) is 5.36. The number of thioether (sulfide) groups is 1. The van der Waals surface area contributed by atoms with Gasteiger partial charge >= 0.3 is 0 Å². The van der Waals surface area contributed by atoms with Gasteiger partial charge in [0.15, 0.2) is 0 Å². The number of amides is 2. The fourth-order valence-corrected chi connectivity index (χ4v) is 5.02. The Bertz CT molecular complexity index is 907. The maximum Gasteiger partial charge on any atom is 0.255 e. The first kappa shape index (κ1) is 20.0.